The number of rotatable bonds is 4. The Hall–Kier alpha value is -0.610. The summed E-state index contributed by atoms with van der Waals surface area (Å²) >= 11 is 0. The van der Waals surface area contributed by atoms with Crippen LogP contribution in [0.25, 0.3) is 0 Å². The fourth-order valence-corrected chi connectivity index (χ4v) is 1.13. The summed E-state index contributed by atoms with van der Waals surface area (Å²) in [6.45, 7) is 3.48. The van der Waals surface area contributed by atoms with Gasteiger partial charge in [-0.15, -0.1) is 0 Å². The van der Waals surface area contributed by atoms with E-state index in [0.29, 0.717) is 4.48 Å². The van der Waals surface area contributed by atoms with Crippen LogP contribution in [0, 0.1) is 0 Å². The molecular formula is C9H21N2O2+. The second-order valence-corrected chi connectivity index (χ2v) is 4.22. The van der Waals surface area contributed by atoms with E-state index in [-0.39, 0.29) is 12.1 Å². The number of nitrogens with one attached hydrogen (secondary N) is 1. The summed E-state index contributed by atoms with van der Waals surface area (Å²) in [4.78, 5) is 11.2. The molecule has 78 valence electrons. The minimum Gasteiger partial charge on any atom is -0.384 e. The molecule has 2 unspecified atom stereocenters. The van der Waals surface area contributed by atoms with Gasteiger partial charge in [0.05, 0.1) is 21.1 Å². The molecule has 0 saturated heterocycles. The van der Waals surface area contributed by atoms with Crippen LogP contribution in [0.2, 0.25) is 0 Å². The van der Waals surface area contributed by atoms with Crippen molar-refractivity contribution >= 4 is 5.91 Å². The van der Waals surface area contributed by atoms with Gasteiger partial charge in [-0.2, -0.15) is 0 Å². The predicted molar refractivity (Wildman–Crippen MR) is 51.9 cm³/mol. The number of carbonyl (C=O) groups excluding carboxylic acids is 1. The number of aliphatic hydroxyl groups excluding tert-OH is 1. The van der Waals surface area contributed by atoms with Crippen molar-refractivity contribution in [3.63, 3.8) is 0 Å². The second kappa shape index (κ2) is 4.58. The van der Waals surface area contributed by atoms with Crippen molar-refractivity contribution in [2.24, 2.45) is 0 Å². The van der Waals surface area contributed by atoms with Gasteiger partial charge in [0.15, 0.2) is 6.17 Å². The molecule has 0 aliphatic heterocycles. The minimum absolute atomic E-state index is 0.0575. The molecule has 4 nitrogen and oxygen atoms in total. The number of aliphatic hydroxyl groups is 1. The summed E-state index contributed by atoms with van der Waals surface area (Å²) in [5.74, 6) is -0.306. The van der Waals surface area contributed by atoms with Crippen molar-refractivity contribution in [3.05, 3.63) is 0 Å². The molecule has 2 N–H and O–H groups in total. The highest BCUT2D eigenvalue weighted by atomic mass is 16.3. The fourth-order valence-electron chi connectivity index (χ4n) is 1.13. The zero-order chi connectivity index (χ0) is 10.6. The predicted octanol–water partition coefficient (Wildman–Crippen LogP) is -0.0743. The highest BCUT2D eigenvalue weighted by Crippen LogP contribution is 2.03. The topological polar surface area (TPSA) is 49.3 Å². The maximum absolute atomic E-state index is 11.2. The first-order chi connectivity index (χ1) is 5.79. The van der Waals surface area contributed by atoms with Crippen molar-refractivity contribution in [1.29, 1.82) is 0 Å². The first-order valence-corrected chi connectivity index (χ1v) is 4.58. The fraction of sp³-hybridized carbons (Fsp3) is 0.889. The summed E-state index contributed by atoms with van der Waals surface area (Å²) < 4.78 is 0.662. The summed E-state index contributed by atoms with van der Waals surface area (Å²) in [7, 11) is 6.03. The second-order valence-electron chi connectivity index (χ2n) is 4.22. The number of carbonyl (C=O) groups is 1. The van der Waals surface area contributed by atoms with Crippen LogP contribution in [0.5, 0.6) is 0 Å². The summed E-state index contributed by atoms with van der Waals surface area (Å²) in [5, 5.41) is 11.8. The molecule has 0 fully saturated rings. The van der Waals surface area contributed by atoms with Gasteiger partial charge in [-0.3, -0.25) is 4.79 Å². The molecular weight excluding hydrogens is 168 g/mol. The minimum atomic E-state index is -0.930. The first-order valence-electron chi connectivity index (χ1n) is 4.58. The maximum atomic E-state index is 11.2. The van der Waals surface area contributed by atoms with Crippen LogP contribution in [0.1, 0.15) is 20.3 Å². The van der Waals surface area contributed by atoms with Crippen LogP contribution in [-0.2, 0) is 4.79 Å². The monoisotopic (exact) mass is 189 g/mol. The molecule has 1 amide bonds. The SMILES string of the molecule is CCC(NC(=O)C(C)O)[N+](C)(C)C. The lowest BCUT2D eigenvalue weighted by Crippen LogP contribution is -2.56. The van der Waals surface area contributed by atoms with Crippen LogP contribution >= 0.6 is 0 Å². The van der Waals surface area contributed by atoms with Crippen molar-refractivity contribution in [1.82, 2.24) is 5.32 Å². The molecule has 13 heavy (non-hydrogen) atoms. The summed E-state index contributed by atoms with van der Waals surface area (Å²) in [6.07, 6.45) is -0.0233. The molecule has 0 bridgehead atoms. The zero-order valence-electron chi connectivity index (χ0n) is 9.16. The number of nitrogens with zero attached hydrogens (tertiary/aromatic N) is 1. The zero-order valence-corrected chi connectivity index (χ0v) is 9.16. The van der Waals surface area contributed by atoms with E-state index >= 15 is 0 Å². The van der Waals surface area contributed by atoms with Gasteiger partial charge in [0, 0.05) is 6.42 Å². The van der Waals surface area contributed by atoms with Gasteiger partial charge in [0.2, 0.25) is 0 Å². The standard InChI is InChI=1S/C9H20N2O2/c1-6-8(11(3,4)5)10-9(13)7(2)12/h7-8,12H,6H2,1-5H3/p+1. The van der Waals surface area contributed by atoms with Gasteiger partial charge in [-0.1, -0.05) is 6.92 Å². The average molecular weight is 189 g/mol. The molecule has 0 aromatic rings. The smallest absolute Gasteiger partial charge is 0.252 e. The molecule has 2 atom stereocenters. The van der Waals surface area contributed by atoms with Crippen LogP contribution < -0.4 is 5.32 Å². The Labute approximate surface area is 80.1 Å². The molecule has 0 aromatic heterocycles. The Balaban J connectivity index is 4.22. The van der Waals surface area contributed by atoms with Gasteiger partial charge >= 0.3 is 0 Å². The van der Waals surface area contributed by atoms with Gasteiger partial charge in [0.25, 0.3) is 5.91 Å². The lowest BCUT2D eigenvalue weighted by atomic mass is 10.3. The van der Waals surface area contributed by atoms with E-state index in [1.165, 1.54) is 6.92 Å². The van der Waals surface area contributed by atoms with Gasteiger partial charge < -0.3 is 14.9 Å². The summed E-state index contributed by atoms with van der Waals surface area (Å²) in [5.41, 5.74) is 0. The maximum Gasteiger partial charge on any atom is 0.252 e. The number of quaternary nitrogens is 1. The molecule has 0 rings (SSSR count). The molecule has 0 aliphatic rings. The quantitative estimate of drug-likeness (QED) is 0.480. The summed E-state index contributed by atoms with van der Waals surface area (Å²) in [6, 6.07) is 0. The Morgan fingerprint density at radius 3 is 2.15 bits per heavy atom. The van der Waals surface area contributed by atoms with Crippen LogP contribution in [0.4, 0.5) is 0 Å². The van der Waals surface area contributed by atoms with E-state index in [2.05, 4.69) is 5.32 Å². The molecule has 0 radical (unpaired) electrons. The van der Waals surface area contributed by atoms with Crippen molar-refractivity contribution < 1.29 is 14.4 Å². The molecule has 0 spiro atoms. The number of hydrogen-bond donors (Lipinski definition) is 2. The molecule has 0 saturated carbocycles. The van der Waals surface area contributed by atoms with Gasteiger partial charge in [-0.05, 0) is 6.92 Å². The number of hydrogen-bond acceptors (Lipinski definition) is 2. The lowest BCUT2D eigenvalue weighted by molar-refractivity contribution is -0.898. The third-order valence-electron chi connectivity index (χ3n) is 2.01. The molecule has 0 aliphatic carbocycles. The Bertz CT molecular complexity index is 173. The normalized spacial score (nSPS) is 16.5. The van der Waals surface area contributed by atoms with Crippen molar-refractivity contribution in [3.8, 4) is 0 Å². The molecule has 0 heterocycles. The molecule has 0 aromatic carbocycles. The van der Waals surface area contributed by atoms with E-state index in [1.54, 1.807) is 0 Å². The van der Waals surface area contributed by atoms with Gasteiger partial charge in [-0.25, -0.2) is 0 Å². The van der Waals surface area contributed by atoms with Crippen molar-refractivity contribution in [2.45, 2.75) is 32.5 Å². The van der Waals surface area contributed by atoms with Crippen LogP contribution in [0.3, 0.4) is 0 Å². The first kappa shape index (κ1) is 12.4. The largest absolute Gasteiger partial charge is 0.384 e. The van der Waals surface area contributed by atoms with Crippen LogP contribution in [0.15, 0.2) is 0 Å². The Kier molecular flexibility index (Phi) is 4.36. The average Bonchev–Trinajstić information content (AvgIpc) is 1.96. The van der Waals surface area contributed by atoms with E-state index in [4.69, 9.17) is 5.11 Å². The van der Waals surface area contributed by atoms with Crippen molar-refractivity contribution in [2.75, 3.05) is 21.1 Å². The van der Waals surface area contributed by atoms with Gasteiger partial charge in [0.1, 0.15) is 6.10 Å². The van der Waals surface area contributed by atoms with E-state index in [0.717, 1.165) is 6.42 Å². The lowest BCUT2D eigenvalue weighted by Gasteiger charge is -2.34. The molecule has 4 heteroatoms. The van der Waals surface area contributed by atoms with E-state index in [1.807, 2.05) is 28.1 Å². The third-order valence-corrected chi connectivity index (χ3v) is 2.01. The third kappa shape index (κ3) is 4.24. The Morgan fingerprint density at radius 1 is 1.46 bits per heavy atom. The number of amides is 1. The van der Waals surface area contributed by atoms with Crippen LogP contribution in [-0.4, -0.2) is 48.9 Å². The highest BCUT2D eigenvalue weighted by molar-refractivity contribution is 5.80. The highest BCUT2D eigenvalue weighted by Gasteiger charge is 2.24. The Morgan fingerprint density at radius 2 is 1.92 bits per heavy atom. The van der Waals surface area contributed by atoms with E-state index < -0.39 is 6.10 Å². The van der Waals surface area contributed by atoms with E-state index in [9.17, 15) is 4.79 Å².